The molecule has 1 amide bonds. The van der Waals surface area contributed by atoms with Gasteiger partial charge in [0.1, 0.15) is 17.5 Å². The van der Waals surface area contributed by atoms with E-state index in [0.29, 0.717) is 24.5 Å². The quantitative estimate of drug-likeness (QED) is 0.926. The van der Waals surface area contributed by atoms with E-state index < -0.39 is 11.7 Å². The second kappa shape index (κ2) is 7.17. The van der Waals surface area contributed by atoms with Crippen LogP contribution in [0.3, 0.4) is 0 Å². The van der Waals surface area contributed by atoms with Gasteiger partial charge in [-0.3, -0.25) is 4.98 Å². The van der Waals surface area contributed by atoms with E-state index in [2.05, 4.69) is 4.98 Å². The minimum Gasteiger partial charge on any atom is -0.490 e. The first-order chi connectivity index (χ1) is 10.7. The monoisotopic (exact) mass is 322 g/mol. The van der Waals surface area contributed by atoms with E-state index in [1.807, 2.05) is 20.8 Å². The lowest BCUT2D eigenvalue weighted by molar-refractivity contribution is 0.0126. The van der Waals surface area contributed by atoms with Gasteiger partial charge in [-0.2, -0.15) is 0 Å². The number of ether oxygens (including phenoxy) is 2. The highest BCUT2D eigenvalue weighted by Crippen LogP contribution is 2.22. The maximum absolute atomic E-state index is 12.0. The average Bonchev–Trinajstić information content (AvgIpc) is 2.46. The fraction of sp³-hybridized carbons (Fsp3) is 0.647. The molecule has 1 fully saturated rings. The molecule has 1 aliphatic rings. The highest BCUT2D eigenvalue weighted by atomic mass is 16.6. The van der Waals surface area contributed by atoms with E-state index in [1.165, 1.54) is 0 Å². The van der Waals surface area contributed by atoms with Gasteiger partial charge in [-0.15, -0.1) is 0 Å². The van der Waals surface area contributed by atoms with Gasteiger partial charge in [-0.25, -0.2) is 4.79 Å². The first kappa shape index (κ1) is 17.5. The van der Waals surface area contributed by atoms with Gasteiger partial charge in [0, 0.05) is 38.2 Å². The van der Waals surface area contributed by atoms with E-state index in [-0.39, 0.29) is 12.2 Å². The number of likely N-dealkylation sites (tertiary alicyclic amines) is 1. The maximum Gasteiger partial charge on any atom is 0.410 e. The number of aliphatic hydroxyl groups excluding tert-OH is 1. The van der Waals surface area contributed by atoms with E-state index in [4.69, 9.17) is 9.47 Å². The molecule has 1 atom stereocenters. The van der Waals surface area contributed by atoms with Crippen molar-refractivity contribution in [2.75, 3.05) is 13.1 Å². The van der Waals surface area contributed by atoms with Crippen molar-refractivity contribution < 1.29 is 19.4 Å². The molecule has 1 unspecified atom stereocenters. The lowest BCUT2D eigenvalue weighted by Gasteiger charge is -2.33. The van der Waals surface area contributed by atoms with Crippen molar-refractivity contribution in [2.24, 2.45) is 0 Å². The molecule has 0 aliphatic carbocycles. The molecule has 0 spiro atoms. The molecule has 1 aromatic heterocycles. The van der Waals surface area contributed by atoms with Crippen LogP contribution in [0.2, 0.25) is 0 Å². The van der Waals surface area contributed by atoms with E-state index in [9.17, 15) is 9.90 Å². The summed E-state index contributed by atoms with van der Waals surface area (Å²) in [5.74, 6) is 0.701. The molecule has 2 heterocycles. The maximum atomic E-state index is 12.0. The molecule has 1 aliphatic heterocycles. The van der Waals surface area contributed by atoms with Gasteiger partial charge in [0.25, 0.3) is 0 Å². The summed E-state index contributed by atoms with van der Waals surface area (Å²) >= 11 is 0. The molecule has 128 valence electrons. The zero-order chi connectivity index (χ0) is 17.0. The highest BCUT2D eigenvalue weighted by molar-refractivity contribution is 5.68. The van der Waals surface area contributed by atoms with Crippen LogP contribution in [0.25, 0.3) is 0 Å². The summed E-state index contributed by atoms with van der Waals surface area (Å²) in [5.41, 5.74) is 0.118. The van der Waals surface area contributed by atoms with Crippen molar-refractivity contribution >= 4 is 6.09 Å². The van der Waals surface area contributed by atoms with Gasteiger partial charge in [-0.1, -0.05) is 0 Å². The first-order valence-electron chi connectivity index (χ1n) is 8.03. The van der Waals surface area contributed by atoms with Gasteiger partial charge < -0.3 is 19.5 Å². The average molecular weight is 322 g/mol. The molecule has 1 aromatic rings. The molecule has 6 heteroatoms. The molecule has 0 aromatic carbocycles. The predicted molar refractivity (Wildman–Crippen MR) is 86.3 cm³/mol. The zero-order valence-electron chi connectivity index (χ0n) is 14.3. The third kappa shape index (κ3) is 5.39. The fourth-order valence-electron chi connectivity index (χ4n) is 2.40. The molecule has 0 bridgehead atoms. The van der Waals surface area contributed by atoms with Crippen LogP contribution in [0.5, 0.6) is 5.75 Å². The Balaban J connectivity index is 1.85. The summed E-state index contributed by atoms with van der Waals surface area (Å²) in [6.07, 6.45) is 2.31. The molecular weight excluding hydrogens is 296 g/mol. The molecule has 1 N–H and O–H groups in total. The van der Waals surface area contributed by atoms with Crippen LogP contribution in [-0.2, 0) is 4.74 Å². The molecule has 6 nitrogen and oxygen atoms in total. The number of carbonyl (C=O) groups excluding carboxylic acids is 1. The van der Waals surface area contributed by atoms with Gasteiger partial charge in [0.15, 0.2) is 0 Å². The largest absolute Gasteiger partial charge is 0.490 e. The van der Waals surface area contributed by atoms with E-state index >= 15 is 0 Å². The third-order valence-electron chi connectivity index (χ3n) is 3.58. The fourth-order valence-corrected chi connectivity index (χ4v) is 2.40. The third-order valence-corrected chi connectivity index (χ3v) is 3.58. The first-order valence-corrected chi connectivity index (χ1v) is 8.03. The number of amides is 1. The van der Waals surface area contributed by atoms with Gasteiger partial charge in [0.2, 0.25) is 0 Å². The number of piperidine rings is 1. The van der Waals surface area contributed by atoms with Crippen molar-refractivity contribution in [3.05, 3.63) is 24.0 Å². The summed E-state index contributed by atoms with van der Waals surface area (Å²) < 4.78 is 11.3. The number of hydrogen-bond donors (Lipinski definition) is 1. The van der Waals surface area contributed by atoms with Crippen LogP contribution in [0, 0.1) is 0 Å². The second-order valence-electron chi connectivity index (χ2n) is 6.88. The Labute approximate surface area is 137 Å². The van der Waals surface area contributed by atoms with Gasteiger partial charge >= 0.3 is 6.09 Å². The molecular formula is C17H26N2O4. The van der Waals surface area contributed by atoms with Crippen molar-refractivity contribution in [1.82, 2.24) is 9.88 Å². The van der Waals surface area contributed by atoms with Crippen LogP contribution in [-0.4, -0.2) is 45.9 Å². The zero-order valence-corrected chi connectivity index (χ0v) is 14.3. The highest BCUT2D eigenvalue weighted by Gasteiger charge is 2.27. The number of pyridine rings is 1. The molecule has 0 radical (unpaired) electrons. The smallest absolute Gasteiger partial charge is 0.410 e. The Hall–Kier alpha value is -1.82. The Morgan fingerprint density at radius 2 is 2.04 bits per heavy atom. The second-order valence-corrected chi connectivity index (χ2v) is 6.88. The Bertz CT molecular complexity index is 532. The standard InChI is InChI=1S/C17H26N2O4/c1-12(20)15-11-14(5-8-18-15)22-13-6-9-19(10-7-13)16(21)23-17(2,3)4/h5,8,11-13,20H,6-7,9-10H2,1-4H3. The van der Waals surface area contributed by atoms with Crippen molar-refractivity contribution in [1.29, 1.82) is 0 Å². The van der Waals surface area contributed by atoms with Crippen LogP contribution in [0.1, 0.15) is 52.3 Å². The number of carbonyl (C=O) groups is 1. The molecule has 0 saturated carbocycles. The minimum atomic E-state index is -0.618. The minimum absolute atomic E-state index is 0.0536. The van der Waals surface area contributed by atoms with Crippen molar-refractivity contribution in [3.63, 3.8) is 0 Å². The lowest BCUT2D eigenvalue weighted by Crippen LogP contribution is -2.44. The summed E-state index contributed by atoms with van der Waals surface area (Å²) in [6.45, 7) is 8.51. The molecule has 1 saturated heterocycles. The van der Waals surface area contributed by atoms with Crippen molar-refractivity contribution in [3.8, 4) is 5.75 Å². The number of hydrogen-bond acceptors (Lipinski definition) is 5. The van der Waals surface area contributed by atoms with Crippen molar-refractivity contribution in [2.45, 2.75) is 58.3 Å². The van der Waals surface area contributed by atoms with E-state index in [0.717, 1.165) is 12.8 Å². The number of aromatic nitrogens is 1. The van der Waals surface area contributed by atoms with Crippen LogP contribution in [0.4, 0.5) is 4.79 Å². The van der Waals surface area contributed by atoms with Gasteiger partial charge in [0.05, 0.1) is 11.8 Å². The summed E-state index contributed by atoms with van der Waals surface area (Å²) in [5, 5.41) is 9.57. The van der Waals surface area contributed by atoms with Crippen LogP contribution < -0.4 is 4.74 Å². The Morgan fingerprint density at radius 1 is 1.39 bits per heavy atom. The summed E-state index contributed by atoms with van der Waals surface area (Å²) in [4.78, 5) is 17.8. The van der Waals surface area contributed by atoms with E-state index in [1.54, 1.807) is 30.2 Å². The van der Waals surface area contributed by atoms with Gasteiger partial charge in [-0.05, 0) is 33.8 Å². The topological polar surface area (TPSA) is 71.9 Å². The Kier molecular flexibility index (Phi) is 5.46. The van der Waals surface area contributed by atoms with Crippen LogP contribution >= 0.6 is 0 Å². The SMILES string of the molecule is CC(O)c1cc(OC2CCN(C(=O)OC(C)(C)C)CC2)ccn1. The number of aliphatic hydroxyl groups is 1. The summed E-state index contributed by atoms with van der Waals surface area (Å²) in [6, 6.07) is 3.54. The predicted octanol–water partition coefficient (Wildman–Crippen LogP) is 2.91. The molecule has 2 rings (SSSR count). The summed E-state index contributed by atoms with van der Waals surface area (Å²) in [7, 11) is 0. The lowest BCUT2D eigenvalue weighted by atomic mass is 10.1. The Morgan fingerprint density at radius 3 is 2.61 bits per heavy atom. The molecule has 23 heavy (non-hydrogen) atoms. The number of nitrogens with zero attached hydrogens (tertiary/aromatic N) is 2. The number of rotatable bonds is 3. The van der Waals surface area contributed by atoms with Crippen LogP contribution in [0.15, 0.2) is 18.3 Å². The normalized spacial score (nSPS) is 17.7.